The van der Waals surface area contributed by atoms with Gasteiger partial charge in [-0.25, -0.2) is 4.79 Å². The summed E-state index contributed by atoms with van der Waals surface area (Å²) in [7, 11) is 0. The molecule has 4 nitrogen and oxygen atoms in total. The molecular weight excluding hydrogens is 273 g/mol. The van der Waals surface area contributed by atoms with Crippen LogP contribution < -0.4 is 15.8 Å². The third-order valence-electron chi connectivity index (χ3n) is 3.22. The topological polar surface area (TPSA) is 64.4 Å². The predicted octanol–water partition coefficient (Wildman–Crippen LogP) is 2.67. The molecule has 3 N–H and O–H groups in total. The van der Waals surface area contributed by atoms with Crippen LogP contribution in [0.15, 0.2) is 24.3 Å². The molecule has 0 bridgehead atoms. The Bertz CT molecular complexity index is 473. The number of primary amides is 1. The predicted molar refractivity (Wildman–Crippen MR) is 66.2 cm³/mol. The molecule has 110 valence electrons. The normalized spacial score (nSPS) is 22.6. The van der Waals surface area contributed by atoms with Crippen LogP contribution in [0.5, 0.6) is 5.75 Å². The highest BCUT2D eigenvalue weighted by atomic mass is 19.4. The van der Waals surface area contributed by atoms with Gasteiger partial charge >= 0.3 is 12.2 Å². The second kappa shape index (κ2) is 5.60. The minimum Gasteiger partial charge on any atom is -0.490 e. The van der Waals surface area contributed by atoms with E-state index in [2.05, 4.69) is 5.32 Å². The van der Waals surface area contributed by atoms with E-state index in [0.29, 0.717) is 12.2 Å². The maximum absolute atomic E-state index is 12.4. The van der Waals surface area contributed by atoms with Gasteiger partial charge < -0.3 is 15.8 Å². The molecule has 1 saturated carbocycles. The number of carbonyl (C=O) groups is 1. The standard InChI is InChI=1S/C13H15F3N2O2/c14-13(15,16)8-1-4-10(5-2-8)20-11-6-3-9(7-11)18-12(17)19/h1-2,4-5,9,11H,3,6-7H2,(H3,17,18,19)/t9-,11-/m0/s1. The van der Waals surface area contributed by atoms with E-state index in [1.807, 2.05) is 0 Å². The maximum Gasteiger partial charge on any atom is 0.416 e. The van der Waals surface area contributed by atoms with E-state index in [0.717, 1.165) is 25.0 Å². The lowest BCUT2D eigenvalue weighted by atomic mass is 10.2. The lowest BCUT2D eigenvalue weighted by molar-refractivity contribution is -0.137. The van der Waals surface area contributed by atoms with Gasteiger partial charge in [0.15, 0.2) is 0 Å². The van der Waals surface area contributed by atoms with Gasteiger partial charge in [0, 0.05) is 12.5 Å². The van der Waals surface area contributed by atoms with Crippen molar-refractivity contribution in [2.75, 3.05) is 0 Å². The van der Waals surface area contributed by atoms with E-state index >= 15 is 0 Å². The zero-order valence-electron chi connectivity index (χ0n) is 10.6. The second-order valence-corrected chi connectivity index (χ2v) is 4.78. The van der Waals surface area contributed by atoms with Gasteiger partial charge in [0.2, 0.25) is 0 Å². The molecule has 1 aliphatic rings. The molecule has 20 heavy (non-hydrogen) atoms. The molecule has 1 aliphatic carbocycles. The number of urea groups is 1. The van der Waals surface area contributed by atoms with Crippen LogP contribution in [0.2, 0.25) is 0 Å². The van der Waals surface area contributed by atoms with Crippen molar-refractivity contribution in [2.45, 2.75) is 37.6 Å². The van der Waals surface area contributed by atoms with Crippen molar-refractivity contribution < 1.29 is 22.7 Å². The molecule has 1 aromatic carbocycles. The Morgan fingerprint density at radius 1 is 1.25 bits per heavy atom. The quantitative estimate of drug-likeness (QED) is 0.898. The maximum atomic E-state index is 12.4. The Morgan fingerprint density at radius 2 is 1.90 bits per heavy atom. The number of amides is 2. The lowest BCUT2D eigenvalue weighted by Crippen LogP contribution is -2.37. The summed E-state index contributed by atoms with van der Waals surface area (Å²) in [6.45, 7) is 0. The molecular formula is C13H15F3N2O2. The molecule has 0 aromatic heterocycles. The van der Waals surface area contributed by atoms with Crippen molar-refractivity contribution in [1.29, 1.82) is 0 Å². The van der Waals surface area contributed by atoms with Crippen LogP contribution in [0.3, 0.4) is 0 Å². The smallest absolute Gasteiger partial charge is 0.416 e. The average molecular weight is 288 g/mol. The van der Waals surface area contributed by atoms with Gasteiger partial charge in [0.25, 0.3) is 0 Å². The fourth-order valence-corrected chi connectivity index (χ4v) is 2.29. The fraction of sp³-hybridized carbons (Fsp3) is 0.462. The Kier molecular flexibility index (Phi) is 4.06. The summed E-state index contributed by atoms with van der Waals surface area (Å²) in [6.07, 6.45) is -2.39. The number of nitrogens with two attached hydrogens (primary N) is 1. The number of hydrogen-bond donors (Lipinski definition) is 2. The van der Waals surface area contributed by atoms with Gasteiger partial charge in [-0.2, -0.15) is 13.2 Å². The van der Waals surface area contributed by atoms with Crippen LogP contribution in [-0.4, -0.2) is 18.2 Å². The number of ether oxygens (including phenoxy) is 1. The number of hydrogen-bond acceptors (Lipinski definition) is 2. The molecule has 0 radical (unpaired) electrons. The highest BCUT2D eigenvalue weighted by molar-refractivity contribution is 5.72. The third-order valence-corrected chi connectivity index (χ3v) is 3.22. The van der Waals surface area contributed by atoms with Crippen molar-refractivity contribution in [3.8, 4) is 5.75 Å². The molecule has 2 atom stereocenters. The summed E-state index contributed by atoms with van der Waals surface area (Å²) in [4.78, 5) is 10.7. The molecule has 0 spiro atoms. The highest BCUT2D eigenvalue weighted by Gasteiger charge is 2.30. The van der Waals surface area contributed by atoms with Crippen LogP contribution in [-0.2, 0) is 6.18 Å². The molecule has 0 aliphatic heterocycles. The molecule has 7 heteroatoms. The lowest BCUT2D eigenvalue weighted by Gasteiger charge is -2.15. The van der Waals surface area contributed by atoms with Crippen molar-refractivity contribution in [1.82, 2.24) is 5.32 Å². The Labute approximate surface area is 114 Å². The van der Waals surface area contributed by atoms with E-state index < -0.39 is 17.8 Å². The fourth-order valence-electron chi connectivity index (χ4n) is 2.29. The minimum absolute atomic E-state index is 0.0352. The van der Waals surface area contributed by atoms with Gasteiger partial charge in [0.1, 0.15) is 11.9 Å². The van der Waals surface area contributed by atoms with E-state index in [-0.39, 0.29) is 12.1 Å². The first-order valence-electron chi connectivity index (χ1n) is 6.24. The zero-order chi connectivity index (χ0) is 14.8. The second-order valence-electron chi connectivity index (χ2n) is 4.78. The van der Waals surface area contributed by atoms with Crippen molar-refractivity contribution in [3.05, 3.63) is 29.8 Å². The van der Waals surface area contributed by atoms with Crippen LogP contribution >= 0.6 is 0 Å². The molecule has 0 saturated heterocycles. The Hall–Kier alpha value is -1.92. The summed E-state index contributed by atoms with van der Waals surface area (Å²) < 4.78 is 42.8. The van der Waals surface area contributed by atoms with Crippen LogP contribution in [0.4, 0.5) is 18.0 Å². The van der Waals surface area contributed by atoms with Crippen LogP contribution in [0.1, 0.15) is 24.8 Å². The van der Waals surface area contributed by atoms with Gasteiger partial charge in [0.05, 0.1) is 5.56 Å². The first-order valence-corrected chi connectivity index (χ1v) is 6.24. The monoisotopic (exact) mass is 288 g/mol. The number of carbonyl (C=O) groups excluding carboxylic acids is 1. The zero-order valence-corrected chi connectivity index (χ0v) is 10.6. The summed E-state index contributed by atoms with van der Waals surface area (Å²) in [6, 6.07) is 3.97. The van der Waals surface area contributed by atoms with Crippen LogP contribution in [0.25, 0.3) is 0 Å². The van der Waals surface area contributed by atoms with Crippen molar-refractivity contribution in [3.63, 3.8) is 0 Å². The summed E-state index contributed by atoms with van der Waals surface area (Å²) in [5.74, 6) is 0.391. The summed E-state index contributed by atoms with van der Waals surface area (Å²) in [5.41, 5.74) is 4.33. The average Bonchev–Trinajstić information content (AvgIpc) is 2.75. The number of halogens is 3. The first-order chi connectivity index (χ1) is 9.34. The third kappa shape index (κ3) is 3.79. The van der Waals surface area contributed by atoms with Crippen LogP contribution in [0, 0.1) is 0 Å². The summed E-state index contributed by atoms with van der Waals surface area (Å²) >= 11 is 0. The highest BCUT2D eigenvalue weighted by Crippen LogP contribution is 2.31. The Balaban J connectivity index is 1.90. The number of nitrogens with one attached hydrogen (secondary N) is 1. The number of alkyl halides is 3. The van der Waals surface area contributed by atoms with Crippen molar-refractivity contribution >= 4 is 6.03 Å². The van der Waals surface area contributed by atoms with E-state index in [4.69, 9.17) is 10.5 Å². The Morgan fingerprint density at radius 3 is 2.45 bits per heavy atom. The minimum atomic E-state index is -4.34. The summed E-state index contributed by atoms with van der Waals surface area (Å²) in [5, 5.41) is 2.60. The SMILES string of the molecule is NC(=O)N[C@H]1CC[C@H](Oc2ccc(C(F)(F)F)cc2)C1. The van der Waals surface area contributed by atoms with Gasteiger partial charge in [-0.15, -0.1) is 0 Å². The van der Waals surface area contributed by atoms with Crippen molar-refractivity contribution in [2.24, 2.45) is 5.73 Å². The van der Waals surface area contributed by atoms with E-state index in [1.54, 1.807) is 0 Å². The van der Waals surface area contributed by atoms with Gasteiger partial charge in [-0.05, 0) is 37.1 Å². The molecule has 2 rings (SSSR count). The molecule has 0 unspecified atom stereocenters. The largest absolute Gasteiger partial charge is 0.490 e. The number of rotatable bonds is 3. The van der Waals surface area contributed by atoms with E-state index in [9.17, 15) is 18.0 Å². The molecule has 1 fully saturated rings. The van der Waals surface area contributed by atoms with Gasteiger partial charge in [-0.3, -0.25) is 0 Å². The van der Waals surface area contributed by atoms with Gasteiger partial charge in [-0.1, -0.05) is 0 Å². The number of benzene rings is 1. The molecule has 1 aromatic rings. The van der Waals surface area contributed by atoms with E-state index in [1.165, 1.54) is 12.1 Å². The molecule has 2 amide bonds. The first kappa shape index (κ1) is 14.5. The molecule has 0 heterocycles.